The van der Waals surface area contributed by atoms with Crippen molar-refractivity contribution in [3.63, 3.8) is 0 Å². The minimum atomic E-state index is -0.329. The molecule has 9 heteroatoms. The number of carbonyl (C=O) groups excluding carboxylic acids is 1. The first-order chi connectivity index (χ1) is 12.5. The van der Waals surface area contributed by atoms with Gasteiger partial charge in [-0.1, -0.05) is 19.0 Å². The lowest BCUT2D eigenvalue weighted by Gasteiger charge is -2.28. The molecule has 0 saturated carbocycles. The van der Waals surface area contributed by atoms with Gasteiger partial charge in [0, 0.05) is 36.9 Å². The first-order valence-electron chi connectivity index (χ1n) is 8.99. The molecule has 3 heterocycles. The van der Waals surface area contributed by atoms with E-state index in [1.807, 2.05) is 20.8 Å². The van der Waals surface area contributed by atoms with E-state index in [2.05, 4.69) is 31.0 Å². The molecule has 1 saturated heterocycles. The summed E-state index contributed by atoms with van der Waals surface area (Å²) in [5.74, 6) is 1.47. The molecule has 0 aliphatic carbocycles. The zero-order valence-corrected chi connectivity index (χ0v) is 15.4. The van der Waals surface area contributed by atoms with E-state index in [4.69, 9.17) is 9.26 Å². The first-order valence-corrected chi connectivity index (χ1v) is 8.99. The average molecular weight is 362 g/mol. The number of amides is 2. The summed E-state index contributed by atoms with van der Waals surface area (Å²) in [6, 6.07) is -0.601. The molecule has 9 nitrogen and oxygen atoms in total. The normalized spacial score (nSPS) is 16.6. The Kier molecular flexibility index (Phi) is 5.87. The predicted octanol–water partition coefficient (Wildman–Crippen LogP) is 2.19. The van der Waals surface area contributed by atoms with Gasteiger partial charge in [-0.05, 0) is 25.7 Å². The van der Waals surface area contributed by atoms with E-state index in [1.165, 1.54) is 0 Å². The van der Waals surface area contributed by atoms with Crippen molar-refractivity contribution >= 4 is 6.03 Å². The molecule has 3 N–H and O–H groups in total. The Labute approximate surface area is 152 Å². The van der Waals surface area contributed by atoms with Gasteiger partial charge < -0.3 is 19.9 Å². The molecule has 1 atom stereocenters. The summed E-state index contributed by atoms with van der Waals surface area (Å²) in [5.41, 5.74) is 1.88. The molecule has 2 aromatic heterocycles. The fourth-order valence-corrected chi connectivity index (χ4v) is 2.96. The maximum atomic E-state index is 12.4. The van der Waals surface area contributed by atoms with Crippen molar-refractivity contribution in [2.45, 2.75) is 52.1 Å². The lowest BCUT2D eigenvalue weighted by molar-refractivity contribution is 0.0503. The summed E-state index contributed by atoms with van der Waals surface area (Å²) in [6.45, 7) is 7.67. The van der Waals surface area contributed by atoms with Crippen molar-refractivity contribution in [1.82, 2.24) is 31.0 Å². The van der Waals surface area contributed by atoms with Gasteiger partial charge in [-0.3, -0.25) is 5.10 Å². The summed E-state index contributed by atoms with van der Waals surface area (Å²) in [4.78, 5) is 16.9. The maximum Gasteiger partial charge on any atom is 0.315 e. The predicted molar refractivity (Wildman–Crippen MR) is 93.4 cm³/mol. The van der Waals surface area contributed by atoms with Crippen LogP contribution < -0.4 is 10.6 Å². The van der Waals surface area contributed by atoms with Gasteiger partial charge in [0.2, 0.25) is 5.89 Å². The molecule has 2 aromatic rings. The van der Waals surface area contributed by atoms with Crippen LogP contribution in [0.25, 0.3) is 0 Å². The van der Waals surface area contributed by atoms with Crippen LogP contribution in [-0.2, 0) is 11.3 Å². The molecule has 0 aromatic carbocycles. The van der Waals surface area contributed by atoms with E-state index in [-0.39, 0.29) is 23.9 Å². The fraction of sp³-hybridized carbons (Fsp3) is 0.647. The van der Waals surface area contributed by atoms with Gasteiger partial charge in [-0.25, -0.2) is 4.79 Å². The lowest BCUT2D eigenvalue weighted by Crippen LogP contribution is -2.41. The molecule has 1 fully saturated rings. The van der Waals surface area contributed by atoms with Crippen LogP contribution >= 0.6 is 0 Å². The molecule has 0 unspecified atom stereocenters. The Bertz CT molecular complexity index is 720. The average Bonchev–Trinajstić information content (AvgIpc) is 3.28. The third-order valence-corrected chi connectivity index (χ3v) is 4.64. The van der Waals surface area contributed by atoms with Crippen LogP contribution in [-0.4, -0.2) is 39.6 Å². The number of urea groups is 1. The summed E-state index contributed by atoms with van der Waals surface area (Å²) in [7, 11) is 0. The third kappa shape index (κ3) is 4.40. The molecule has 0 bridgehead atoms. The van der Waals surface area contributed by atoms with E-state index in [0.717, 1.165) is 24.1 Å². The summed E-state index contributed by atoms with van der Waals surface area (Å²) < 4.78 is 10.9. The molecule has 26 heavy (non-hydrogen) atoms. The van der Waals surface area contributed by atoms with E-state index in [1.54, 1.807) is 6.20 Å². The van der Waals surface area contributed by atoms with Crippen LogP contribution in [0.3, 0.4) is 0 Å². The Morgan fingerprint density at radius 2 is 2.15 bits per heavy atom. The summed E-state index contributed by atoms with van der Waals surface area (Å²) in [5, 5.41) is 16.7. The van der Waals surface area contributed by atoms with Crippen LogP contribution in [0.2, 0.25) is 0 Å². The van der Waals surface area contributed by atoms with Crippen molar-refractivity contribution in [3.8, 4) is 0 Å². The number of H-pyrrole nitrogens is 1. The minimum absolute atomic E-state index is 0.167. The number of aromatic nitrogens is 4. The van der Waals surface area contributed by atoms with E-state index in [0.29, 0.717) is 31.5 Å². The highest BCUT2D eigenvalue weighted by atomic mass is 16.5. The van der Waals surface area contributed by atoms with Gasteiger partial charge in [0.15, 0.2) is 5.82 Å². The topological polar surface area (TPSA) is 118 Å². The molecule has 0 radical (unpaired) electrons. The smallest absolute Gasteiger partial charge is 0.315 e. The number of carbonyl (C=O) groups is 1. The van der Waals surface area contributed by atoms with Gasteiger partial charge in [0.1, 0.15) is 6.04 Å². The van der Waals surface area contributed by atoms with Gasteiger partial charge in [-0.15, -0.1) is 0 Å². The van der Waals surface area contributed by atoms with Gasteiger partial charge >= 0.3 is 6.03 Å². The number of aromatic amines is 1. The highest BCUT2D eigenvalue weighted by molar-refractivity contribution is 5.74. The Balaban J connectivity index is 1.68. The summed E-state index contributed by atoms with van der Waals surface area (Å²) in [6.07, 6.45) is 3.38. The number of nitrogens with zero attached hydrogens (tertiary/aromatic N) is 3. The molecular weight excluding hydrogens is 336 g/mol. The van der Waals surface area contributed by atoms with E-state index < -0.39 is 0 Å². The monoisotopic (exact) mass is 362 g/mol. The minimum Gasteiger partial charge on any atom is -0.381 e. The second-order valence-electron chi connectivity index (χ2n) is 6.92. The number of hydrogen-bond acceptors (Lipinski definition) is 6. The Morgan fingerprint density at radius 3 is 2.77 bits per heavy atom. The number of nitrogens with one attached hydrogen (secondary N) is 3. The van der Waals surface area contributed by atoms with Crippen molar-refractivity contribution in [3.05, 3.63) is 29.2 Å². The maximum absolute atomic E-state index is 12.4. The van der Waals surface area contributed by atoms with Crippen LogP contribution in [0.1, 0.15) is 61.6 Å². The molecule has 1 aliphatic rings. The molecule has 3 rings (SSSR count). The van der Waals surface area contributed by atoms with Gasteiger partial charge in [0.25, 0.3) is 0 Å². The first kappa shape index (κ1) is 18.4. The van der Waals surface area contributed by atoms with E-state index >= 15 is 0 Å². The highest BCUT2D eigenvalue weighted by Gasteiger charge is 2.31. The molecule has 0 spiro atoms. The highest BCUT2D eigenvalue weighted by Crippen LogP contribution is 2.29. The quantitative estimate of drug-likeness (QED) is 0.725. The van der Waals surface area contributed by atoms with Crippen LogP contribution in [0.5, 0.6) is 0 Å². The second-order valence-corrected chi connectivity index (χ2v) is 6.92. The zero-order valence-electron chi connectivity index (χ0n) is 15.4. The number of ether oxygens (including phenoxy) is 1. The van der Waals surface area contributed by atoms with Gasteiger partial charge in [-0.2, -0.15) is 10.1 Å². The SMILES string of the molecule is Cc1[nH]ncc1CNC(=O)N[C@H](c1nc(C(C)C)no1)C1CCOCC1. The van der Waals surface area contributed by atoms with Crippen LogP contribution in [0.4, 0.5) is 4.79 Å². The van der Waals surface area contributed by atoms with Crippen LogP contribution in [0, 0.1) is 12.8 Å². The molecular formula is C17H26N6O3. The number of rotatable bonds is 6. The Morgan fingerprint density at radius 1 is 1.38 bits per heavy atom. The Hall–Kier alpha value is -2.42. The van der Waals surface area contributed by atoms with Crippen molar-refractivity contribution in [1.29, 1.82) is 0 Å². The second kappa shape index (κ2) is 8.31. The standard InChI is InChI=1S/C17H26N6O3/c1-10(2)15-21-16(26-23-15)14(12-4-6-25-7-5-12)20-17(24)18-8-13-9-19-22-11(13)3/h9-10,12,14H,4-8H2,1-3H3,(H,19,22)(H2,18,20,24)/t14-/m0/s1. The zero-order chi connectivity index (χ0) is 18.5. The van der Waals surface area contributed by atoms with Crippen molar-refractivity contribution < 1.29 is 14.1 Å². The fourth-order valence-electron chi connectivity index (χ4n) is 2.96. The van der Waals surface area contributed by atoms with Gasteiger partial charge in [0.05, 0.1) is 6.20 Å². The molecule has 1 aliphatic heterocycles. The van der Waals surface area contributed by atoms with Crippen LogP contribution in [0.15, 0.2) is 10.7 Å². The largest absolute Gasteiger partial charge is 0.381 e. The van der Waals surface area contributed by atoms with Crippen molar-refractivity contribution in [2.24, 2.45) is 5.92 Å². The van der Waals surface area contributed by atoms with Crippen molar-refractivity contribution in [2.75, 3.05) is 13.2 Å². The molecule has 142 valence electrons. The lowest BCUT2D eigenvalue weighted by atomic mass is 9.91. The summed E-state index contributed by atoms with van der Waals surface area (Å²) >= 11 is 0. The molecule has 2 amide bonds. The van der Waals surface area contributed by atoms with E-state index in [9.17, 15) is 4.79 Å². The number of hydrogen-bond donors (Lipinski definition) is 3. The third-order valence-electron chi connectivity index (χ3n) is 4.64. The number of aryl methyl sites for hydroxylation is 1.